The Hall–Kier alpha value is -2.90. The van der Waals surface area contributed by atoms with Crippen LogP contribution < -0.4 is 10.1 Å². The van der Waals surface area contributed by atoms with E-state index < -0.39 is 15.7 Å². The molecule has 0 bridgehead atoms. The highest BCUT2D eigenvalue weighted by molar-refractivity contribution is 7.91. The lowest BCUT2D eigenvalue weighted by Crippen LogP contribution is -2.14. The van der Waals surface area contributed by atoms with E-state index in [2.05, 4.69) is 10.3 Å². The molecule has 0 radical (unpaired) electrons. The largest absolute Gasteiger partial charge is 0.495 e. The fraction of sp³-hybridized carbons (Fsp3) is 0.100. The van der Waals surface area contributed by atoms with E-state index in [1.807, 2.05) is 13.0 Å². The van der Waals surface area contributed by atoms with Crippen molar-refractivity contribution in [1.29, 1.82) is 0 Å². The Bertz CT molecular complexity index is 1110. The van der Waals surface area contributed by atoms with Crippen LogP contribution in [0.2, 0.25) is 5.02 Å². The maximum Gasteiger partial charge on any atom is 0.257 e. The van der Waals surface area contributed by atoms with Crippen molar-refractivity contribution in [2.24, 2.45) is 0 Å². The molecule has 1 amide bonds. The lowest BCUT2D eigenvalue weighted by molar-refractivity contribution is 0.102. The Morgan fingerprint density at radius 1 is 1.07 bits per heavy atom. The van der Waals surface area contributed by atoms with Gasteiger partial charge in [-0.15, -0.1) is 0 Å². The molecule has 1 N–H and O–H groups in total. The molecule has 3 aromatic rings. The highest BCUT2D eigenvalue weighted by atomic mass is 35.5. The minimum atomic E-state index is -3.79. The van der Waals surface area contributed by atoms with Gasteiger partial charge in [-0.2, -0.15) is 0 Å². The zero-order valence-electron chi connectivity index (χ0n) is 15.1. The van der Waals surface area contributed by atoms with Crippen LogP contribution in [-0.4, -0.2) is 26.4 Å². The van der Waals surface area contributed by atoms with Crippen molar-refractivity contribution in [2.45, 2.75) is 16.8 Å². The Kier molecular flexibility index (Phi) is 5.67. The van der Waals surface area contributed by atoms with Crippen molar-refractivity contribution in [3.63, 3.8) is 0 Å². The molecule has 2 aromatic carbocycles. The van der Waals surface area contributed by atoms with E-state index in [-0.39, 0.29) is 15.5 Å². The molecule has 0 atom stereocenters. The molecule has 1 heterocycles. The van der Waals surface area contributed by atoms with E-state index in [1.165, 1.54) is 49.7 Å². The van der Waals surface area contributed by atoms with Crippen LogP contribution in [-0.2, 0) is 9.84 Å². The second-order valence-corrected chi connectivity index (χ2v) is 8.33. The average molecular weight is 417 g/mol. The summed E-state index contributed by atoms with van der Waals surface area (Å²) in [6, 6.07) is 13.9. The smallest absolute Gasteiger partial charge is 0.257 e. The summed E-state index contributed by atoms with van der Waals surface area (Å²) < 4.78 is 30.5. The first-order valence-corrected chi connectivity index (χ1v) is 10.1. The van der Waals surface area contributed by atoms with Crippen LogP contribution >= 0.6 is 11.6 Å². The molecule has 0 aliphatic carbocycles. The number of carbonyl (C=O) groups is 1. The Balaban J connectivity index is 1.83. The number of aromatic nitrogens is 1. The predicted octanol–water partition coefficient (Wildman–Crippen LogP) is 4.14. The lowest BCUT2D eigenvalue weighted by Gasteiger charge is -2.11. The molecule has 8 heteroatoms. The number of nitrogens with zero attached hydrogens (tertiary/aromatic N) is 1. The van der Waals surface area contributed by atoms with E-state index in [1.54, 1.807) is 12.1 Å². The fourth-order valence-electron chi connectivity index (χ4n) is 2.52. The topological polar surface area (TPSA) is 85.4 Å². The Morgan fingerprint density at radius 2 is 1.79 bits per heavy atom. The molecule has 144 valence electrons. The van der Waals surface area contributed by atoms with Gasteiger partial charge >= 0.3 is 0 Å². The number of hydrogen-bond acceptors (Lipinski definition) is 5. The second kappa shape index (κ2) is 8.00. The molecular formula is C20H17ClN2O4S. The van der Waals surface area contributed by atoms with Gasteiger partial charge in [-0.05, 0) is 61.0 Å². The van der Waals surface area contributed by atoms with E-state index in [4.69, 9.17) is 16.3 Å². The molecule has 0 saturated carbocycles. The number of benzene rings is 2. The standard InChI is InChI=1S/C20H17ClN2O4S/c1-13-3-9-18(27-2)17(11-13)23-20(24)14-4-10-19(22-12-14)28(25,26)16-7-5-15(21)6-8-16/h3-12H,1-2H3,(H,23,24). The summed E-state index contributed by atoms with van der Waals surface area (Å²) in [5, 5.41) is 3.03. The van der Waals surface area contributed by atoms with Gasteiger partial charge in [0.25, 0.3) is 5.91 Å². The third-order valence-electron chi connectivity index (χ3n) is 4.00. The average Bonchev–Trinajstić information content (AvgIpc) is 2.68. The first-order chi connectivity index (χ1) is 13.3. The zero-order valence-corrected chi connectivity index (χ0v) is 16.7. The van der Waals surface area contributed by atoms with Gasteiger partial charge in [0.2, 0.25) is 9.84 Å². The van der Waals surface area contributed by atoms with Crippen LogP contribution in [0.3, 0.4) is 0 Å². The van der Waals surface area contributed by atoms with Crippen LogP contribution in [0.4, 0.5) is 5.69 Å². The van der Waals surface area contributed by atoms with Crippen molar-refractivity contribution < 1.29 is 17.9 Å². The monoisotopic (exact) mass is 416 g/mol. The van der Waals surface area contributed by atoms with Crippen LogP contribution in [0.15, 0.2) is 70.7 Å². The molecular weight excluding hydrogens is 400 g/mol. The van der Waals surface area contributed by atoms with Gasteiger partial charge in [-0.3, -0.25) is 4.79 Å². The first kappa shape index (κ1) is 19.9. The number of pyridine rings is 1. The lowest BCUT2D eigenvalue weighted by atomic mass is 10.2. The zero-order chi connectivity index (χ0) is 20.3. The number of hydrogen-bond donors (Lipinski definition) is 1. The molecule has 0 aliphatic heterocycles. The number of sulfone groups is 1. The summed E-state index contributed by atoms with van der Waals surface area (Å²) in [5.74, 6) is 0.0979. The third kappa shape index (κ3) is 4.16. The van der Waals surface area contributed by atoms with Gasteiger partial charge < -0.3 is 10.1 Å². The van der Waals surface area contributed by atoms with Crippen LogP contribution in [0, 0.1) is 6.92 Å². The molecule has 0 unspecified atom stereocenters. The highest BCUT2D eigenvalue weighted by Crippen LogP contribution is 2.26. The minimum Gasteiger partial charge on any atom is -0.495 e. The predicted molar refractivity (Wildman–Crippen MR) is 107 cm³/mol. The number of ether oxygens (including phenoxy) is 1. The number of rotatable bonds is 5. The maximum atomic E-state index is 12.6. The number of aryl methyl sites for hydroxylation is 1. The number of nitrogens with one attached hydrogen (secondary N) is 1. The van der Waals surface area contributed by atoms with Gasteiger partial charge in [0, 0.05) is 11.2 Å². The second-order valence-electron chi connectivity index (χ2n) is 6.00. The summed E-state index contributed by atoms with van der Waals surface area (Å²) in [5.41, 5.74) is 1.70. The highest BCUT2D eigenvalue weighted by Gasteiger charge is 2.20. The molecule has 0 aliphatic rings. The van der Waals surface area contributed by atoms with Crippen molar-refractivity contribution in [3.8, 4) is 5.75 Å². The minimum absolute atomic E-state index is 0.0751. The van der Waals surface area contributed by atoms with E-state index in [0.717, 1.165) is 5.56 Å². The van der Waals surface area contributed by atoms with Gasteiger partial charge in [-0.25, -0.2) is 13.4 Å². The number of halogens is 1. The molecule has 0 spiro atoms. The van der Waals surface area contributed by atoms with E-state index >= 15 is 0 Å². The molecule has 0 fully saturated rings. The van der Waals surface area contributed by atoms with E-state index in [0.29, 0.717) is 16.5 Å². The van der Waals surface area contributed by atoms with Crippen LogP contribution in [0.25, 0.3) is 0 Å². The van der Waals surface area contributed by atoms with Crippen LogP contribution in [0.5, 0.6) is 5.75 Å². The number of amides is 1. The van der Waals surface area contributed by atoms with Crippen molar-refractivity contribution in [1.82, 2.24) is 4.98 Å². The maximum absolute atomic E-state index is 12.6. The summed E-state index contributed by atoms with van der Waals surface area (Å²) in [4.78, 5) is 16.5. The molecule has 1 aromatic heterocycles. The third-order valence-corrected chi connectivity index (χ3v) is 5.94. The SMILES string of the molecule is COc1ccc(C)cc1NC(=O)c1ccc(S(=O)(=O)c2ccc(Cl)cc2)nc1. The van der Waals surface area contributed by atoms with E-state index in [9.17, 15) is 13.2 Å². The molecule has 28 heavy (non-hydrogen) atoms. The summed E-state index contributed by atoms with van der Waals surface area (Å²) in [6.07, 6.45) is 1.22. The molecule has 3 rings (SSSR count). The molecule has 0 saturated heterocycles. The van der Waals surface area contributed by atoms with Gasteiger partial charge in [0.1, 0.15) is 5.75 Å². The number of carbonyl (C=O) groups excluding carboxylic acids is 1. The van der Waals surface area contributed by atoms with Gasteiger partial charge in [-0.1, -0.05) is 17.7 Å². The van der Waals surface area contributed by atoms with Crippen LogP contribution in [0.1, 0.15) is 15.9 Å². The normalized spacial score (nSPS) is 11.1. The summed E-state index contributed by atoms with van der Waals surface area (Å²) in [7, 11) is -2.28. The van der Waals surface area contributed by atoms with Gasteiger partial charge in [0.05, 0.1) is 23.3 Å². The fourth-order valence-corrected chi connectivity index (χ4v) is 3.82. The van der Waals surface area contributed by atoms with Gasteiger partial charge in [0.15, 0.2) is 5.03 Å². The Labute approximate surface area is 168 Å². The van der Waals surface area contributed by atoms with Crippen molar-refractivity contribution in [2.75, 3.05) is 12.4 Å². The van der Waals surface area contributed by atoms with Crippen molar-refractivity contribution >= 4 is 33.0 Å². The number of methoxy groups -OCH3 is 1. The first-order valence-electron chi connectivity index (χ1n) is 8.24. The molecule has 6 nitrogen and oxygen atoms in total. The Morgan fingerprint density at radius 3 is 2.39 bits per heavy atom. The number of anilines is 1. The van der Waals surface area contributed by atoms with Crippen molar-refractivity contribution in [3.05, 3.63) is 76.9 Å². The summed E-state index contributed by atoms with van der Waals surface area (Å²) >= 11 is 5.80. The quantitative estimate of drug-likeness (QED) is 0.675. The summed E-state index contributed by atoms with van der Waals surface area (Å²) in [6.45, 7) is 1.90.